The van der Waals surface area contributed by atoms with Crippen LogP contribution in [0.25, 0.3) is 0 Å². The fraction of sp³-hybridized carbons (Fsp3) is 0.542. The molecule has 0 bridgehead atoms. The molecule has 1 aliphatic heterocycles. The third-order valence-corrected chi connectivity index (χ3v) is 8.12. The molecule has 4 heterocycles. The van der Waals surface area contributed by atoms with Crippen molar-refractivity contribution in [2.45, 2.75) is 76.2 Å². The average molecular weight is 479 g/mol. The van der Waals surface area contributed by atoms with Crippen molar-refractivity contribution in [3.63, 3.8) is 0 Å². The molecule has 1 saturated carbocycles. The smallest absolute Gasteiger partial charge is 0.248 e. The number of aromatic nitrogens is 5. The number of fused-ring (bicyclic) bond motifs is 1. The van der Waals surface area contributed by atoms with Gasteiger partial charge in [0.1, 0.15) is 11.9 Å². The normalized spacial score (nSPS) is 22.3. The van der Waals surface area contributed by atoms with Gasteiger partial charge in [-0.3, -0.25) is 9.89 Å². The number of anilines is 4. The molecular formula is C24H30N8OS. The number of nitrogens with zero attached hydrogens (tertiary/aromatic N) is 5. The zero-order valence-electron chi connectivity index (χ0n) is 19.4. The van der Waals surface area contributed by atoms with Crippen molar-refractivity contribution >= 4 is 40.0 Å². The molecule has 3 aromatic heterocycles. The van der Waals surface area contributed by atoms with Crippen molar-refractivity contribution in [3.05, 3.63) is 34.6 Å². The fourth-order valence-electron chi connectivity index (χ4n) is 5.59. The van der Waals surface area contributed by atoms with Crippen molar-refractivity contribution in [1.82, 2.24) is 25.1 Å². The molecule has 10 heteroatoms. The Kier molecular flexibility index (Phi) is 5.68. The second-order valence-electron chi connectivity index (χ2n) is 9.67. The van der Waals surface area contributed by atoms with Gasteiger partial charge in [0.05, 0.1) is 5.69 Å². The van der Waals surface area contributed by atoms with Gasteiger partial charge in [-0.1, -0.05) is 19.8 Å². The number of rotatable bonds is 6. The lowest BCUT2D eigenvalue weighted by Gasteiger charge is -2.25. The molecule has 34 heavy (non-hydrogen) atoms. The third-order valence-electron chi connectivity index (χ3n) is 7.44. The minimum absolute atomic E-state index is 0.0485. The van der Waals surface area contributed by atoms with E-state index in [1.165, 1.54) is 48.3 Å². The zero-order valence-corrected chi connectivity index (χ0v) is 20.2. The Morgan fingerprint density at radius 2 is 2.06 bits per heavy atom. The van der Waals surface area contributed by atoms with Crippen LogP contribution in [-0.4, -0.2) is 43.6 Å². The fourth-order valence-corrected chi connectivity index (χ4v) is 6.12. The molecule has 3 aliphatic rings. The average Bonchev–Trinajstić information content (AvgIpc) is 3.65. The van der Waals surface area contributed by atoms with E-state index in [1.807, 2.05) is 10.3 Å². The summed E-state index contributed by atoms with van der Waals surface area (Å²) in [6.45, 7) is 2.98. The van der Waals surface area contributed by atoms with Gasteiger partial charge >= 0.3 is 0 Å². The summed E-state index contributed by atoms with van der Waals surface area (Å²) in [5.74, 6) is 3.14. The molecule has 1 saturated heterocycles. The number of amides is 1. The lowest BCUT2D eigenvalue weighted by atomic mass is 10.0. The van der Waals surface area contributed by atoms with Gasteiger partial charge in [0.2, 0.25) is 11.9 Å². The molecule has 6 rings (SSSR count). The van der Waals surface area contributed by atoms with Gasteiger partial charge in [-0.05, 0) is 44.4 Å². The predicted octanol–water partition coefficient (Wildman–Crippen LogP) is 4.71. The molecule has 0 radical (unpaired) electrons. The molecule has 2 fully saturated rings. The van der Waals surface area contributed by atoms with Crippen molar-refractivity contribution in [3.8, 4) is 0 Å². The quantitative estimate of drug-likeness (QED) is 0.470. The molecule has 1 amide bonds. The maximum atomic E-state index is 13.0. The summed E-state index contributed by atoms with van der Waals surface area (Å²) in [6.07, 6.45) is 10.5. The van der Waals surface area contributed by atoms with Crippen LogP contribution >= 0.6 is 11.3 Å². The molecule has 178 valence electrons. The van der Waals surface area contributed by atoms with Gasteiger partial charge in [0, 0.05) is 41.4 Å². The van der Waals surface area contributed by atoms with E-state index >= 15 is 0 Å². The van der Waals surface area contributed by atoms with E-state index in [9.17, 15) is 4.79 Å². The van der Waals surface area contributed by atoms with Crippen LogP contribution in [0.2, 0.25) is 0 Å². The van der Waals surface area contributed by atoms with Gasteiger partial charge in [0.15, 0.2) is 10.9 Å². The molecule has 9 nitrogen and oxygen atoms in total. The van der Waals surface area contributed by atoms with Gasteiger partial charge in [-0.2, -0.15) is 10.1 Å². The maximum absolute atomic E-state index is 13.0. The highest BCUT2D eigenvalue weighted by Crippen LogP contribution is 2.39. The highest BCUT2D eigenvalue weighted by molar-refractivity contribution is 7.13. The number of H-pyrrole nitrogens is 1. The van der Waals surface area contributed by atoms with Crippen LogP contribution in [0.5, 0.6) is 0 Å². The summed E-state index contributed by atoms with van der Waals surface area (Å²) in [5, 5.41) is 16.7. The Bertz CT molecular complexity index is 1170. The third kappa shape index (κ3) is 4.04. The maximum Gasteiger partial charge on any atom is 0.248 e. The highest BCUT2D eigenvalue weighted by atomic mass is 32.1. The summed E-state index contributed by atoms with van der Waals surface area (Å²) in [6, 6.07) is 1.83. The van der Waals surface area contributed by atoms with E-state index in [1.54, 1.807) is 6.20 Å². The number of hydrogen-bond acceptors (Lipinski definition) is 8. The Labute approximate surface area is 202 Å². The van der Waals surface area contributed by atoms with Crippen LogP contribution in [0, 0.1) is 0 Å². The number of carbonyl (C=O) groups excluding carboxylic acids is 1. The van der Waals surface area contributed by atoms with Crippen molar-refractivity contribution in [2.75, 3.05) is 22.1 Å². The molecule has 3 N–H and O–H groups in total. The number of carbonyl (C=O) groups is 1. The predicted molar refractivity (Wildman–Crippen MR) is 133 cm³/mol. The van der Waals surface area contributed by atoms with Gasteiger partial charge in [0.25, 0.3) is 0 Å². The van der Waals surface area contributed by atoms with Gasteiger partial charge in [-0.25, -0.2) is 9.97 Å². The van der Waals surface area contributed by atoms with Crippen molar-refractivity contribution in [2.24, 2.45) is 0 Å². The first-order valence-corrected chi connectivity index (χ1v) is 13.2. The summed E-state index contributed by atoms with van der Waals surface area (Å²) >= 11 is 1.43. The van der Waals surface area contributed by atoms with E-state index in [0.717, 1.165) is 49.6 Å². The van der Waals surface area contributed by atoms with Gasteiger partial charge < -0.3 is 15.5 Å². The molecule has 2 atom stereocenters. The second kappa shape index (κ2) is 8.98. The number of aromatic amines is 1. The Morgan fingerprint density at radius 1 is 1.18 bits per heavy atom. The van der Waals surface area contributed by atoms with E-state index in [2.05, 4.69) is 38.8 Å². The van der Waals surface area contributed by atoms with E-state index in [4.69, 9.17) is 9.97 Å². The van der Waals surface area contributed by atoms with E-state index < -0.39 is 0 Å². The Morgan fingerprint density at radius 3 is 2.88 bits per heavy atom. The first kappa shape index (κ1) is 21.5. The van der Waals surface area contributed by atoms with E-state index in [-0.39, 0.29) is 11.9 Å². The highest BCUT2D eigenvalue weighted by Gasteiger charge is 2.35. The van der Waals surface area contributed by atoms with Crippen molar-refractivity contribution < 1.29 is 4.79 Å². The summed E-state index contributed by atoms with van der Waals surface area (Å²) in [7, 11) is 0. The van der Waals surface area contributed by atoms with E-state index in [0.29, 0.717) is 22.9 Å². The number of hydrogen-bond donors (Lipinski definition) is 3. The van der Waals surface area contributed by atoms with Crippen LogP contribution in [-0.2, 0) is 11.2 Å². The zero-order chi connectivity index (χ0) is 23.1. The first-order chi connectivity index (χ1) is 16.7. The molecule has 1 unspecified atom stereocenters. The van der Waals surface area contributed by atoms with Gasteiger partial charge in [-0.15, -0.1) is 11.3 Å². The Hall–Kier alpha value is -3.01. The number of thiazole rings is 1. The van der Waals surface area contributed by atoms with Crippen LogP contribution in [0.3, 0.4) is 0 Å². The summed E-state index contributed by atoms with van der Waals surface area (Å²) < 4.78 is 0. The van der Waals surface area contributed by atoms with Crippen LogP contribution in [0.4, 0.5) is 22.7 Å². The Balaban J connectivity index is 1.28. The first-order valence-electron chi connectivity index (χ1n) is 12.4. The second-order valence-corrected chi connectivity index (χ2v) is 10.6. The largest absolute Gasteiger partial charge is 0.329 e. The summed E-state index contributed by atoms with van der Waals surface area (Å²) in [4.78, 5) is 29.2. The topological polar surface area (TPSA) is 112 Å². The standard InChI is InChI=1S/C24H30N8OS/c1-14-8-9-16-20(14)27-23(32-11-4-7-18(32)22(33)29-24-25-10-12-34-24)28-21(16)26-19-13-17(30-31-19)15-5-2-3-6-15/h10,12-15,18H,2-9,11H2,1H3,(H,25,29,33)(H2,26,27,28,30,31)/t14?,18-/m1/s1. The number of nitrogens with one attached hydrogen (secondary N) is 3. The van der Waals surface area contributed by atoms with Crippen LogP contribution in [0.15, 0.2) is 17.6 Å². The molecule has 0 aromatic carbocycles. The van der Waals surface area contributed by atoms with Crippen LogP contribution < -0.4 is 15.5 Å². The molecule has 2 aliphatic carbocycles. The SMILES string of the molecule is CC1CCc2c(Nc3cc(C4CCCC4)[nH]n3)nc(N3CCC[C@@H]3C(=O)Nc3nccs3)nc21. The molecule has 3 aromatic rings. The summed E-state index contributed by atoms with van der Waals surface area (Å²) in [5.41, 5.74) is 3.47. The lowest BCUT2D eigenvalue weighted by molar-refractivity contribution is -0.117. The molecular weight excluding hydrogens is 448 g/mol. The minimum Gasteiger partial charge on any atom is -0.329 e. The van der Waals surface area contributed by atoms with Crippen LogP contribution in [0.1, 0.15) is 80.7 Å². The lowest BCUT2D eigenvalue weighted by Crippen LogP contribution is -2.40. The minimum atomic E-state index is -0.300. The van der Waals surface area contributed by atoms with Crippen molar-refractivity contribution in [1.29, 1.82) is 0 Å². The monoisotopic (exact) mass is 478 g/mol. The molecule has 0 spiro atoms.